The van der Waals surface area contributed by atoms with Crippen LogP contribution in [0.15, 0.2) is 72.9 Å². The van der Waals surface area contributed by atoms with Crippen LogP contribution in [0, 0.1) is 0 Å². The van der Waals surface area contributed by atoms with Gasteiger partial charge in [-0.2, -0.15) is 0 Å². The maximum absolute atomic E-state index is 12.3. The van der Waals surface area contributed by atoms with Crippen LogP contribution in [0.2, 0.25) is 5.02 Å². The molecule has 1 aromatic heterocycles. The van der Waals surface area contributed by atoms with Gasteiger partial charge >= 0.3 is 0 Å². The minimum Gasteiger partial charge on any atom is -0.341 e. The molecule has 25 heavy (non-hydrogen) atoms. The number of hydrogen-bond acceptors (Lipinski definition) is 3. The van der Waals surface area contributed by atoms with Gasteiger partial charge in [-0.05, 0) is 43.3 Å². The van der Waals surface area contributed by atoms with E-state index in [9.17, 15) is 4.79 Å². The van der Waals surface area contributed by atoms with Crippen molar-refractivity contribution >= 4 is 34.6 Å². The number of carbonyl (C=O) groups is 1. The molecule has 0 aliphatic heterocycles. The van der Waals surface area contributed by atoms with Gasteiger partial charge in [0.1, 0.15) is 5.69 Å². The number of anilines is 3. The molecule has 126 valence electrons. The summed E-state index contributed by atoms with van der Waals surface area (Å²) in [4.78, 5) is 18.8. The number of benzene rings is 2. The maximum atomic E-state index is 12.3. The quantitative estimate of drug-likeness (QED) is 0.691. The van der Waals surface area contributed by atoms with E-state index in [1.165, 1.54) is 0 Å². The molecule has 3 aromatic rings. The largest absolute Gasteiger partial charge is 0.341 e. The molecular formula is C20H18ClN3O. The normalized spacial score (nSPS) is 10.3. The van der Waals surface area contributed by atoms with Crippen LogP contribution in [0.4, 0.5) is 17.1 Å². The van der Waals surface area contributed by atoms with Crippen LogP contribution in [0.5, 0.6) is 0 Å². The smallest absolute Gasteiger partial charge is 0.274 e. The lowest BCUT2D eigenvalue weighted by Gasteiger charge is -2.23. The molecule has 0 saturated heterocycles. The Labute approximate surface area is 152 Å². The van der Waals surface area contributed by atoms with Gasteiger partial charge in [0.15, 0.2) is 0 Å². The Balaban J connectivity index is 1.77. The molecule has 0 unspecified atom stereocenters. The minimum absolute atomic E-state index is 0.289. The van der Waals surface area contributed by atoms with Crippen molar-refractivity contribution in [2.75, 3.05) is 16.8 Å². The third-order valence-corrected chi connectivity index (χ3v) is 4.13. The first kappa shape index (κ1) is 17.0. The first-order valence-electron chi connectivity index (χ1n) is 8.03. The molecule has 1 N–H and O–H groups in total. The van der Waals surface area contributed by atoms with Crippen LogP contribution in [0.1, 0.15) is 17.4 Å². The van der Waals surface area contributed by atoms with E-state index in [4.69, 9.17) is 11.6 Å². The number of pyridine rings is 1. The average Bonchev–Trinajstić information content (AvgIpc) is 2.66. The van der Waals surface area contributed by atoms with E-state index in [2.05, 4.69) is 22.1 Å². The van der Waals surface area contributed by atoms with Crippen molar-refractivity contribution in [3.63, 3.8) is 0 Å². The third-order valence-electron chi connectivity index (χ3n) is 3.80. The molecule has 0 aliphatic carbocycles. The van der Waals surface area contributed by atoms with Crippen molar-refractivity contribution < 1.29 is 4.79 Å². The zero-order chi connectivity index (χ0) is 17.6. The number of carbonyl (C=O) groups excluding carboxylic acids is 1. The summed E-state index contributed by atoms with van der Waals surface area (Å²) < 4.78 is 0. The summed E-state index contributed by atoms with van der Waals surface area (Å²) in [5.74, 6) is -0.289. The number of rotatable bonds is 5. The maximum Gasteiger partial charge on any atom is 0.274 e. The predicted octanol–water partition coefficient (Wildman–Crippen LogP) is 5.15. The fourth-order valence-electron chi connectivity index (χ4n) is 2.55. The molecule has 1 heterocycles. The first-order valence-corrected chi connectivity index (χ1v) is 8.41. The van der Waals surface area contributed by atoms with Crippen molar-refractivity contribution in [1.29, 1.82) is 0 Å². The number of nitrogens with one attached hydrogen (secondary N) is 1. The van der Waals surface area contributed by atoms with E-state index >= 15 is 0 Å². The van der Waals surface area contributed by atoms with Gasteiger partial charge in [0.05, 0.1) is 22.6 Å². The van der Waals surface area contributed by atoms with E-state index < -0.39 is 0 Å². The second-order valence-corrected chi connectivity index (χ2v) is 5.82. The minimum atomic E-state index is -0.289. The highest BCUT2D eigenvalue weighted by atomic mass is 35.5. The molecule has 0 atom stereocenters. The van der Waals surface area contributed by atoms with Crippen molar-refractivity contribution in [2.45, 2.75) is 6.92 Å². The second-order valence-electron chi connectivity index (χ2n) is 5.42. The summed E-state index contributed by atoms with van der Waals surface area (Å²) in [6.07, 6.45) is 1.71. The molecular weight excluding hydrogens is 334 g/mol. The third kappa shape index (κ3) is 3.98. The van der Waals surface area contributed by atoms with E-state index in [1.54, 1.807) is 24.4 Å². The highest BCUT2D eigenvalue weighted by molar-refractivity contribution is 6.33. The van der Waals surface area contributed by atoms with E-state index in [1.807, 2.05) is 48.5 Å². The summed E-state index contributed by atoms with van der Waals surface area (Å²) in [7, 11) is 0. The SMILES string of the molecule is CCN(c1ccccc1)c1ccc(C(=O)Nc2ccccc2Cl)nc1. The highest BCUT2D eigenvalue weighted by Gasteiger charge is 2.12. The fourth-order valence-corrected chi connectivity index (χ4v) is 2.73. The van der Waals surface area contributed by atoms with Crippen LogP contribution in [-0.4, -0.2) is 17.4 Å². The number of hydrogen-bond donors (Lipinski definition) is 1. The lowest BCUT2D eigenvalue weighted by atomic mass is 10.2. The summed E-state index contributed by atoms with van der Waals surface area (Å²) in [5, 5.41) is 3.27. The fraction of sp³-hybridized carbons (Fsp3) is 0.100. The van der Waals surface area contributed by atoms with Gasteiger partial charge in [0.2, 0.25) is 0 Å². The number of nitrogens with zero attached hydrogens (tertiary/aromatic N) is 2. The number of para-hydroxylation sites is 2. The Bertz CT molecular complexity index is 850. The van der Waals surface area contributed by atoms with Crippen molar-refractivity contribution in [2.24, 2.45) is 0 Å². The zero-order valence-corrected chi connectivity index (χ0v) is 14.6. The summed E-state index contributed by atoms with van der Waals surface area (Å²) in [6, 6.07) is 20.8. The molecule has 2 aromatic carbocycles. The lowest BCUT2D eigenvalue weighted by Crippen LogP contribution is -2.18. The average molecular weight is 352 g/mol. The van der Waals surface area contributed by atoms with Crippen LogP contribution < -0.4 is 10.2 Å². The van der Waals surface area contributed by atoms with Gasteiger partial charge in [-0.1, -0.05) is 41.9 Å². The van der Waals surface area contributed by atoms with E-state index in [0.717, 1.165) is 17.9 Å². The van der Waals surface area contributed by atoms with Crippen LogP contribution in [0.25, 0.3) is 0 Å². The molecule has 4 nitrogen and oxygen atoms in total. The first-order chi connectivity index (χ1) is 12.2. The van der Waals surface area contributed by atoms with Gasteiger partial charge < -0.3 is 10.2 Å². The molecule has 3 rings (SSSR count). The number of halogens is 1. The molecule has 0 aliphatic rings. The standard InChI is InChI=1S/C20H18ClN3O/c1-2-24(15-8-4-3-5-9-15)16-12-13-19(22-14-16)20(25)23-18-11-7-6-10-17(18)21/h3-14H,2H2,1H3,(H,23,25). The Hall–Kier alpha value is -2.85. The van der Waals surface area contributed by atoms with Crippen molar-refractivity contribution in [1.82, 2.24) is 4.98 Å². The Kier molecular flexibility index (Phi) is 5.31. The van der Waals surface area contributed by atoms with Crippen LogP contribution in [-0.2, 0) is 0 Å². The van der Waals surface area contributed by atoms with Crippen molar-refractivity contribution in [3.8, 4) is 0 Å². The Morgan fingerprint density at radius 1 is 1.00 bits per heavy atom. The van der Waals surface area contributed by atoms with Crippen LogP contribution in [0.3, 0.4) is 0 Å². The lowest BCUT2D eigenvalue weighted by molar-refractivity contribution is 0.102. The van der Waals surface area contributed by atoms with Crippen LogP contribution >= 0.6 is 11.6 Å². The Morgan fingerprint density at radius 3 is 2.36 bits per heavy atom. The predicted molar refractivity (Wildman–Crippen MR) is 103 cm³/mol. The molecule has 0 fully saturated rings. The zero-order valence-electron chi connectivity index (χ0n) is 13.8. The second kappa shape index (κ2) is 7.81. The van der Waals surface area contributed by atoms with Gasteiger partial charge in [-0.3, -0.25) is 4.79 Å². The van der Waals surface area contributed by atoms with Gasteiger partial charge in [0.25, 0.3) is 5.91 Å². The molecule has 0 bridgehead atoms. The van der Waals surface area contributed by atoms with Gasteiger partial charge in [0, 0.05) is 12.2 Å². The summed E-state index contributed by atoms with van der Waals surface area (Å²) in [6.45, 7) is 2.88. The van der Waals surface area contributed by atoms with Gasteiger partial charge in [-0.15, -0.1) is 0 Å². The highest BCUT2D eigenvalue weighted by Crippen LogP contribution is 2.25. The molecule has 5 heteroatoms. The molecule has 0 radical (unpaired) electrons. The Morgan fingerprint density at radius 2 is 1.72 bits per heavy atom. The van der Waals surface area contributed by atoms with E-state index in [-0.39, 0.29) is 5.91 Å². The monoisotopic (exact) mass is 351 g/mol. The topological polar surface area (TPSA) is 45.2 Å². The summed E-state index contributed by atoms with van der Waals surface area (Å²) in [5.41, 5.74) is 2.93. The van der Waals surface area contributed by atoms with E-state index in [0.29, 0.717) is 16.4 Å². The van der Waals surface area contributed by atoms with Gasteiger partial charge in [-0.25, -0.2) is 4.98 Å². The molecule has 0 saturated carbocycles. The number of aromatic nitrogens is 1. The number of amides is 1. The molecule has 0 spiro atoms. The summed E-state index contributed by atoms with van der Waals surface area (Å²) >= 11 is 6.07. The van der Waals surface area contributed by atoms with Crippen molar-refractivity contribution in [3.05, 3.63) is 83.6 Å². The molecule has 1 amide bonds.